The zero-order valence-electron chi connectivity index (χ0n) is 20.1. The van der Waals surface area contributed by atoms with Crippen molar-refractivity contribution in [3.8, 4) is 28.5 Å². The molecule has 0 aliphatic carbocycles. The smallest absolute Gasteiger partial charge is 0.268 e. The third-order valence-corrected chi connectivity index (χ3v) is 8.29. The van der Waals surface area contributed by atoms with Gasteiger partial charge in [-0.3, -0.25) is 4.68 Å². The number of anilines is 1. The van der Waals surface area contributed by atoms with E-state index in [2.05, 4.69) is 21.1 Å². The summed E-state index contributed by atoms with van der Waals surface area (Å²) in [5, 5.41) is 13.6. The maximum atomic E-state index is 13.6. The second-order valence-electron chi connectivity index (χ2n) is 9.17. The number of rotatable bonds is 5. The van der Waals surface area contributed by atoms with Gasteiger partial charge < -0.3 is 10.6 Å². The zero-order chi connectivity index (χ0) is 25.4. The highest BCUT2D eigenvalue weighted by Gasteiger charge is 2.27. The molecule has 2 atom stereocenters. The van der Waals surface area contributed by atoms with Gasteiger partial charge in [-0.2, -0.15) is 10.4 Å². The van der Waals surface area contributed by atoms with Crippen LogP contribution in [0.3, 0.4) is 0 Å². The van der Waals surface area contributed by atoms with E-state index in [-0.39, 0.29) is 16.9 Å². The SMILES string of the molecule is Cc1ccc(S(=O)(=O)n2cc(-c3ccc(N4CC[C@H](N)[C@H](C#N)C4)nc3)cc2-c2cnn(C)c2)cc1. The van der Waals surface area contributed by atoms with E-state index >= 15 is 0 Å². The van der Waals surface area contributed by atoms with Gasteiger partial charge >= 0.3 is 0 Å². The molecule has 10 heteroatoms. The van der Waals surface area contributed by atoms with Gasteiger partial charge in [-0.25, -0.2) is 17.4 Å². The van der Waals surface area contributed by atoms with Gasteiger partial charge in [0, 0.05) is 61.5 Å². The number of hydrogen-bond donors (Lipinski definition) is 1. The Balaban J connectivity index is 1.52. The molecular weight excluding hydrogens is 474 g/mol. The Hall–Kier alpha value is -3.94. The predicted molar refractivity (Wildman–Crippen MR) is 138 cm³/mol. The van der Waals surface area contributed by atoms with Crippen molar-refractivity contribution in [2.24, 2.45) is 18.7 Å². The minimum absolute atomic E-state index is 0.119. The average Bonchev–Trinajstić information content (AvgIpc) is 3.52. The quantitative estimate of drug-likeness (QED) is 0.445. The monoisotopic (exact) mass is 501 g/mol. The maximum Gasteiger partial charge on any atom is 0.268 e. The van der Waals surface area contributed by atoms with Gasteiger partial charge in [0.25, 0.3) is 10.0 Å². The normalized spacial score (nSPS) is 18.2. The Morgan fingerprint density at radius 1 is 1.06 bits per heavy atom. The van der Waals surface area contributed by atoms with E-state index in [0.29, 0.717) is 17.8 Å². The lowest BCUT2D eigenvalue weighted by molar-refractivity contribution is 0.422. The van der Waals surface area contributed by atoms with Crippen molar-refractivity contribution in [3.63, 3.8) is 0 Å². The second kappa shape index (κ2) is 9.26. The summed E-state index contributed by atoms with van der Waals surface area (Å²) in [6.45, 7) is 3.20. The lowest BCUT2D eigenvalue weighted by Gasteiger charge is -2.34. The standard InChI is InChI=1S/C26H27N7O2S/c1-18-3-6-23(7-4-18)36(34,35)33-17-20(11-25(33)22-14-30-31(2)15-22)19-5-8-26(29-13-19)32-10-9-24(28)21(12-27)16-32/h3-8,11,13-15,17,21,24H,9-10,16,28H2,1-2H3/t21-,24+/m1/s1. The van der Waals surface area contributed by atoms with Crippen molar-refractivity contribution in [2.75, 3.05) is 18.0 Å². The van der Waals surface area contributed by atoms with Crippen LogP contribution in [-0.2, 0) is 17.1 Å². The van der Waals surface area contributed by atoms with Crippen LogP contribution < -0.4 is 10.6 Å². The summed E-state index contributed by atoms with van der Waals surface area (Å²) in [6, 6.07) is 14.6. The highest BCUT2D eigenvalue weighted by molar-refractivity contribution is 7.90. The molecule has 0 amide bonds. The molecule has 0 bridgehead atoms. The highest BCUT2D eigenvalue weighted by Crippen LogP contribution is 2.32. The Bertz CT molecular complexity index is 1530. The van der Waals surface area contributed by atoms with Gasteiger partial charge in [-0.05, 0) is 43.7 Å². The summed E-state index contributed by atoms with van der Waals surface area (Å²) in [5.74, 6) is 0.536. The minimum atomic E-state index is -3.84. The van der Waals surface area contributed by atoms with E-state index in [9.17, 15) is 13.7 Å². The molecule has 4 heterocycles. The number of nitriles is 1. The molecule has 0 unspecified atom stereocenters. The van der Waals surface area contributed by atoms with Crippen molar-refractivity contribution in [1.82, 2.24) is 18.7 Å². The summed E-state index contributed by atoms with van der Waals surface area (Å²) in [4.78, 5) is 6.90. The largest absolute Gasteiger partial charge is 0.355 e. The third-order valence-electron chi connectivity index (χ3n) is 6.60. The van der Waals surface area contributed by atoms with Crippen molar-refractivity contribution in [2.45, 2.75) is 24.3 Å². The van der Waals surface area contributed by atoms with Gasteiger partial charge in [0.05, 0.1) is 28.8 Å². The highest BCUT2D eigenvalue weighted by atomic mass is 32.2. The van der Waals surface area contributed by atoms with Gasteiger partial charge in [0.1, 0.15) is 5.82 Å². The topological polar surface area (TPSA) is 123 Å². The van der Waals surface area contributed by atoms with E-state index in [1.807, 2.05) is 25.1 Å². The number of nitrogens with zero attached hydrogens (tertiary/aromatic N) is 6. The molecule has 36 heavy (non-hydrogen) atoms. The number of piperidine rings is 1. The summed E-state index contributed by atoms with van der Waals surface area (Å²) in [7, 11) is -2.05. The molecular formula is C26H27N7O2S. The van der Waals surface area contributed by atoms with Crippen LogP contribution in [0.5, 0.6) is 0 Å². The Morgan fingerprint density at radius 2 is 1.83 bits per heavy atom. The number of nitrogens with two attached hydrogens (primary N) is 1. The molecule has 1 aliphatic heterocycles. The van der Waals surface area contributed by atoms with Gasteiger partial charge in [-0.1, -0.05) is 17.7 Å². The van der Waals surface area contributed by atoms with Crippen molar-refractivity contribution < 1.29 is 8.42 Å². The molecule has 1 fully saturated rings. The van der Waals surface area contributed by atoms with Crippen molar-refractivity contribution >= 4 is 15.8 Å². The molecule has 0 radical (unpaired) electrons. The molecule has 3 aromatic heterocycles. The molecule has 1 aliphatic rings. The predicted octanol–water partition coefficient (Wildman–Crippen LogP) is 3.17. The van der Waals surface area contributed by atoms with Crippen molar-refractivity contribution in [3.05, 3.63) is 72.8 Å². The fraction of sp³-hybridized carbons (Fsp3) is 0.269. The molecule has 2 N–H and O–H groups in total. The van der Waals surface area contributed by atoms with Crippen LogP contribution in [0.1, 0.15) is 12.0 Å². The van der Waals surface area contributed by atoms with E-state index in [0.717, 1.165) is 35.5 Å². The van der Waals surface area contributed by atoms with Crippen LogP contribution in [0.15, 0.2) is 72.1 Å². The Kier molecular flexibility index (Phi) is 6.12. The first kappa shape index (κ1) is 23.8. The third kappa shape index (κ3) is 4.39. The van der Waals surface area contributed by atoms with Crippen LogP contribution in [0.2, 0.25) is 0 Å². The molecule has 184 valence electrons. The number of aromatic nitrogens is 4. The van der Waals surface area contributed by atoms with Crippen LogP contribution in [-0.4, -0.2) is 46.3 Å². The summed E-state index contributed by atoms with van der Waals surface area (Å²) < 4.78 is 30.2. The second-order valence-corrected chi connectivity index (χ2v) is 11.0. The number of benzene rings is 1. The van der Waals surface area contributed by atoms with E-state index in [1.165, 1.54) is 3.97 Å². The fourth-order valence-electron chi connectivity index (χ4n) is 4.45. The van der Waals surface area contributed by atoms with Crippen LogP contribution in [0.4, 0.5) is 5.82 Å². The van der Waals surface area contributed by atoms with Gasteiger partial charge in [-0.15, -0.1) is 0 Å². The lowest BCUT2D eigenvalue weighted by Crippen LogP contribution is -2.46. The summed E-state index contributed by atoms with van der Waals surface area (Å²) >= 11 is 0. The van der Waals surface area contributed by atoms with Crippen LogP contribution in [0, 0.1) is 24.2 Å². The first-order chi connectivity index (χ1) is 17.3. The molecule has 9 nitrogen and oxygen atoms in total. The molecule has 1 aromatic carbocycles. The summed E-state index contributed by atoms with van der Waals surface area (Å²) in [6.07, 6.45) is 7.52. The lowest BCUT2D eigenvalue weighted by atomic mass is 9.94. The van der Waals surface area contributed by atoms with Gasteiger partial charge in [0.2, 0.25) is 0 Å². The average molecular weight is 502 g/mol. The number of aryl methyl sites for hydroxylation is 2. The molecule has 5 rings (SSSR count). The Labute approximate surface area is 210 Å². The van der Waals surface area contributed by atoms with E-state index < -0.39 is 10.0 Å². The molecule has 1 saturated heterocycles. The number of hydrogen-bond acceptors (Lipinski definition) is 7. The molecule has 0 saturated carbocycles. The van der Waals surface area contributed by atoms with Crippen LogP contribution >= 0.6 is 0 Å². The first-order valence-electron chi connectivity index (χ1n) is 11.7. The van der Waals surface area contributed by atoms with Gasteiger partial charge in [0.15, 0.2) is 0 Å². The maximum absolute atomic E-state index is 13.6. The fourth-order valence-corrected chi connectivity index (χ4v) is 5.82. The van der Waals surface area contributed by atoms with Crippen molar-refractivity contribution in [1.29, 1.82) is 5.26 Å². The van der Waals surface area contributed by atoms with E-state index in [1.54, 1.807) is 60.8 Å². The number of pyridine rings is 1. The Morgan fingerprint density at radius 3 is 2.47 bits per heavy atom. The molecule has 4 aromatic rings. The first-order valence-corrected chi connectivity index (χ1v) is 13.1. The summed E-state index contributed by atoms with van der Waals surface area (Å²) in [5.41, 5.74) is 9.75. The molecule has 0 spiro atoms. The van der Waals surface area contributed by atoms with E-state index in [4.69, 9.17) is 5.73 Å². The van der Waals surface area contributed by atoms with Crippen LogP contribution in [0.25, 0.3) is 22.4 Å². The minimum Gasteiger partial charge on any atom is -0.355 e. The zero-order valence-corrected chi connectivity index (χ0v) is 20.9.